The maximum absolute atomic E-state index is 12.1. The predicted molar refractivity (Wildman–Crippen MR) is 98.8 cm³/mol. The minimum absolute atomic E-state index is 0.0534. The van der Waals surface area contributed by atoms with Crippen LogP contribution in [0.5, 0.6) is 0 Å². The van der Waals surface area contributed by atoms with Gasteiger partial charge in [-0.3, -0.25) is 9.59 Å². The van der Waals surface area contributed by atoms with Gasteiger partial charge in [0.25, 0.3) is 0 Å². The Morgan fingerprint density at radius 3 is 2.27 bits per heavy atom. The lowest BCUT2D eigenvalue weighted by atomic mass is 10.0. The number of azide groups is 1. The number of carbonyl (C=O) groups is 2. The Balaban J connectivity index is 2.15. The Morgan fingerprint density at radius 2 is 1.69 bits per heavy atom. The van der Waals surface area contributed by atoms with E-state index in [0.29, 0.717) is 44.5 Å². The fourth-order valence-electron chi connectivity index (χ4n) is 2.20. The third kappa shape index (κ3) is 9.81. The number of hydrogen-bond acceptors (Lipinski definition) is 5. The molecule has 26 heavy (non-hydrogen) atoms. The summed E-state index contributed by atoms with van der Waals surface area (Å²) in [6.07, 6.45) is 1.97. The first-order valence-corrected chi connectivity index (χ1v) is 8.74. The molecule has 7 nitrogen and oxygen atoms in total. The minimum atomic E-state index is -0.459. The summed E-state index contributed by atoms with van der Waals surface area (Å²) in [4.78, 5) is 26.3. The Kier molecular flexibility index (Phi) is 9.41. The zero-order valence-electron chi connectivity index (χ0n) is 15.7. The number of ether oxygens (including phenoxy) is 2. The van der Waals surface area contributed by atoms with Crippen molar-refractivity contribution in [2.75, 3.05) is 13.2 Å². The van der Waals surface area contributed by atoms with Crippen molar-refractivity contribution in [2.24, 2.45) is 5.11 Å². The van der Waals surface area contributed by atoms with E-state index in [2.05, 4.69) is 10.0 Å². The number of benzene rings is 1. The van der Waals surface area contributed by atoms with Gasteiger partial charge in [-0.2, -0.15) is 0 Å². The molecule has 0 amide bonds. The molecule has 0 aliphatic heterocycles. The standard InChI is InChI=1S/C19H27N3O4/c1-19(2,3)26-18(24)7-5-13-25-12-4-6-17(23)16-10-8-15(9-11-16)14-21-22-20/h8-11H,4-7,12-14H2,1-3H3. The Labute approximate surface area is 154 Å². The fraction of sp³-hybridized carbons (Fsp3) is 0.579. The van der Waals surface area contributed by atoms with Crippen molar-refractivity contribution in [2.45, 2.75) is 58.6 Å². The minimum Gasteiger partial charge on any atom is -0.460 e. The molecule has 0 radical (unpaired) electrons. The third-order valence-corrected chi connectivity index (χ3v) is 3.37. The molecule has 0 aliphatic rings. The van der Waals surface area contributed by atoms with Gasteiger partial charge in [-0.25, -0.2) is 0 Å². The largest absolute Gasteiger partial charge is 0.460 e. The van der Waals surface area contributed by atoms with Gasteiger partial charge in [-0.15, -0.1) is 0 Å². The zero-order chi connectivity index (χ0) is 19.4. The smallest absolute Gasteiger partial charge is 0.306 e. The molecular weight excluding hydrogens is 334 g/mol. The first-order valence-electron chi connectivity index (χ1n) is 8.74. The van der Waals surface area contributed by atoms with E-state index in [1.165, 1.54) is 0 Å². The summed E-state index contributed by atoms with van der Waals surface area (Å²) < 4.78 is 10.7. The maximum atomic E-state index is 12.1. The second-order valence-corrected chi connectivity index (χ2v) is 6.91. The van der Waals surface area contributed by atoms with E-state index >= 15 is 0 Å². The molecule has 0 N–H and O–H groups in total. The topological polar surface area (TPSA) is 101 Å². The monoisotopic (exact) mass is 361 g/mol. The molecule has 0 aromatic heterocycles. The highest BCUT2D eigenvalue weighted by Crippen LogP contribution is 2.10. The number of hydrogen-bond donors (Lipinski definition) is 0. The molecule has 1 aromatic carbocycles. The maximum Gasteiger partial charge on any atom is 0.306 e. The van der Waals surface area contributed by atoms with Crippen LogP contribution in [0.25, 0.3) is 10.4 Å². The molecule has 0 bridgehead atoms. The number of esters is 1. The highest BCUT2D eigenvalue weighted by atomic mass is 16.6. The number of carbonyl (C=O) groups excluding carboxylic acids is 2. The SMILES string of the molecule is CC(C)(C)OC(=O)CCCOCCCC(=O)c1ccc(CN=[N+]=[N-])cc1. The van der Waals surface area contributed by atoms with Crippen LogP contribution >= 0.6 is 0 Å². The molecular formula is C19H27N3O4. The van der Waals surface area contributed by atoms with E-state index in [1.54, 1.807) is 24.3 Å². The molecule has 0 aliphatic carbocycles. The van der Waals surface area contributed by atoms with Gasteiger partial charge in [0.15, 0.2) is 5.78 Å². The molecule has 0 heterocycles. The molecule has 0 saturated carbocycles. The van der Waals surface area contributed by atoms with Gasteiger partial charge in [0.1, 0.15) is 5.60 Å². The fourth-order valence-corrected chi connectivity index (χ4v) is 2.20. The van der Waals surface area contributed by atoms with Crippen molar-refractivity contribution in [3.8, 4) is 0 Å². The summed E-state index contributed by atoms with van der Waals surface area (Å²) >= 11 is 0. The lowest BCUT2D eigenvalue weighted by Gasteiger charge is -2.19. The van der Waals surface area contributed by atoms with E-state index < -0.39 is 5.60 Å². The summed E-state index contributed by atoms with van der Waals surface area (Å²) in [6.45, 7) is 6.75. The van der Waals surface area contributed by atoms with Gasteiger partial charge in [-0.1, -0.05) is 29.4 Å². The van der Waals surface area contributed by atoms with Crippen LogP contribution in [0.15, 0.2) is 29.4 Å². The molecule has 0 spiro atoms. The quantitative estimate of drug-likeness (QED) is 0.143. The summed E-state index contributed by atoms with van der Waals surface area (Å²) in [5.41, 5.74) is 9.33. The number of Topliss-reactive ketones (excluding diaryl/α,β-unsaturated/α-hetero) is 1. The Morgan fingerprint density at radius 1 is 1.08 bits per heavy atom. The first-order chi connectivity index (χ1) is 12.3. The van der Waals surface area contributed by atoms with Crippen molar-refractivity contribution < 1.29 is 19.1 Å². The van der Waals surface area contributed by atoms with Crippen LogP contribution in [0, 0.1) is 0 Å². The van der Waals surface area contributed by atoms with Crippen molar-refractivity contribution in [1.29, 1.82) is 0 Å². The van der Waals surface area contributed by atoms with Crippen LogP contribution in [-0.4, -0.2) is 30.6 Å². The van der Waals surface area contributed by atoms with Gasteiger partial charge in [-0.05, 0) is 44.7 Å². The van der Waals surface area contributed by atoms with Gasteiger partial charge in [0.2, 0.25) is 0 Å². The molecule has 142 valence electrons. The summed E-state index contributed by atoms with van der Waals surface area (Å²) in [5, 5.41) is 3.48. The van der Waals surface area contributed by atoms with E-state index in [1.807, 2.05) is 20.8 Å². The van der Waals surface area contributed by atoms with Crippen molar-refractivity contribution in [3.05, 3.63) is 45.8 Å². The zero-order valence-corrected chi connectivity index (χ0v) is 15.7. The molecule has 0 atom stereocenters. The molecule has 0 unspecified atom stereocenters. The van der Waals surface area contributed by atoms with Crippen LogP contribution in [0.1, 0.15) is 62.4 Å². The van der Waals surface area contributed by atoms with Crippen molar-refractivity contribution in [3.63, 3.8) is 0 Å². The van der Waals surface area contributed by atoms with E-state index in [-0.39, 0.29) is 18.3 Å². The number of nitrogens with zero attached hydrogens (tertiary/aromatic N) is 3. The Bertz CT molecular complexity index is 629. The van der Waals surface area contributed by atoms with Gasteiger partial charge < -0.3 is 9.47 Å². The van der Waals surface area contributed by atoms with Crippen LogP contribution in [0.3, 0.4) is 0 Å². The summed E-state index contributed by atoms with van der Waals surface area (Å²) in [7, 11) is 0. The lowest BCUT2D eigenvalue weighted by molar-refractivity contribution is -0.155. The van der Waals surface area contributed by atoms with Crippen molar-refractivity contribution >= 4 is 11.8 Å². The molecule has 7 heteroatoms. The Hall–Kier alpha value is -2.37. The van der Waals surface area contributed by atoms with Crippen LogP contribution in [0.2, 0.25) is 0 Å². The molecule has 0 saturated heterocycles. The van der Waals surface area contributed by atoms with E-state index in [0.717, 1.165) is 5.56 Å². The number of ketones is 1. The van der Waals surface area contributed by atoms with Crippen LogP contribution < -0.4 is 0 Å². The predicted octanol–water partition coefficient (Wildman–Crippen LogP) is 4.60. The average molecular weight is 361 g/mol. The van der Waals surface area contributed by atoms with E-state index in [4.69, 9.17) is 15.0 Å². The van der Waals surface area contributed by atoms with Gasteiger partial charge in [0.05, 0.1) is 6.54 Å². The van der Waals surface area contributed by atoms with E-state index in [9.17, 15) is 9.59 Å². The molecule has 0 fully saturated rings. The van der Waals surface area contributed by atoms with Crippen molar-refractivity contribution in [1.82, 2.24) is 0 Å². The van der Waals surface area contributed by atoms with Crippen LogP contribution in [-0.2, 0) is 20.8 Å². The third-order valence-electron chi connectivity index (χ3n) is 3.37. The summed E-state index contributed by atoms with van der Waals surface area (Å²) in [6, 6.07) is 7.06. The van der Waals surface area contributed by atoms with Gasteiger partial charge >= 0.3 is 5.97 Å². The highest BCUT2D eigenvalue weighted by Gasteiger charge is 2.15. The summed E-state index contributed by atoms with van der Waals surface area (Å²) in [5.74, 6) is -0.169. The second-order valence-electron chi connectivity index (χ2n) is 6.91. The second kappa shape index (κ2) is 11.3. The molecule has 1 rings (SSSR count). The van der Waals surface area contributed by atoms with Gasteiger partial charge in [0, 0.05) is 36.5 Å². The lowest BCUT2D eigenvalue weighted by Crippen LogP contribution is -2.23. The molecule has 1 aromatic rings. The number of rotatable bonds is 11. The van der Waals surface area contributed by atoms with Crippen LogP contribution in [0.4, 0.5) is 0 Å². The normalized spacial score (nSPS) is 10.9. The highest BCUT2D eigenvalue weighted by molar-refractivity contribution is 5.96. The average Bonchev–Trinajstić information content (AvgIpc) is 2.57. The first kappa shape index (κ1) is 21.7.